The maximum Gasteiger partial charge on any atom is 0.335 e. The lowest BCUT2D eigenvalue weighted by molar-refractivity contribution is 0.0697. The largest absolute Gasteiger partial charge is 0.478 e. The molecule has 34 heavy (non-hydrogen) atoms. The zero-order chi connectivity index (χ0) is 24.0. The fourth-order valence-electron chi connectivity index (χ4n) is 3.84. The Kier molecular flexibility index (Phi) is 5.54. The van der Waals surface area contributed by atoms with Gasteiger partial charge in [-0.1, -0.05) is 29.8 Å². The molecule has 0 atom stereocenters. The summed E-state index contributed by atoms with van der Waals surface area (Å²) in [4.78, 5) is 16.1. The van der Waals surface area contributed by atoms with Crippen molar-refractivity contribution < 1.29 is 18.3 Å². The minimum absolute atomic E-state index is 0.00889. The minimum Gasteiger partial charge on any atom is -0.478 e. The number of hydrogen-bond acceptors (Lipinski definition) is 5. The van der Waals surface area contributed by atoms with Crippen LogP contribution in [-0.4, -0.2) is 23.5 Å². The number of nitrogens with zero attached hydrogens (tertiary/aromatic N) is 2. The molecule has 5 aromatic rings. The highest BCUT2D eigenvalue weighted by molar-refractivity contribution is 7.90. The van der Waals surface area contributed by atoms with Crippen LogP contribution in [0.25, 0.3) is 37.4 Å². The third-order valence-electron chi connectivity index (χ3n) is 5.29. The Morgan fingerprint density at radius 3 is 2.44 bits per heavy atom. The van der Waals surface area contributed by atoms with E-state index in [2.05, 4.69) is 4.85 Å². The third kappa shape index (κ3) is 3.52. The average molecular weight is 525 g/mol. The monoisotopic (exact) mass is 524 g/mol. The van der Waals surface area contributed by atoms with Crippen LogP contribution in [0.15, 0.2) is 76.3 Å². The molecule has 168 valence electrons. The van der Waals surface area contributed by atoms with Gasteiger partial charge >= 0.3 is 5.97 Å². The summed E-state index contributed by atoms with van der Waals surface area (Å²) >= 11 is 8.60. The third-order valence-corrected chi connectivity index (χ3v) is 8.96. The van der Waals surface area contributed by atoms with Crippen LogP contribution < -0.4 is 0 Å². The van der Waals surface area contributed by atoms with Gasteiger partial charge in [0.15, 0.2) is 0 Å². The van der Waals surface area contributed by atoms with E-state index in [9.17, 15) is 18.3 Å². The smallest absolute Gasteiger partial charge is 0.335 e. The number of aromatic carboxylic acids is 1. The van der Waals surface area contributed by atoms with Gasteiger partial charge in [0.25, 0.3) is 10.0 Å². The Morgan fingerprint density at radius 2 is 1.79 bits per heavy atom. The van der Waals surface area contributed by atoms with Crippen molar-refractivity contribution in [3.05, 3.63) is 93.4 Å². The Hall–Kier alpha value is -3.42. The molecule has 0 amide bonds. The first-order valence-electron chi connectivity index (χ1n) is 9.75. The van der Waals surface area contributed by atoms with Gasteiger partial charge in [0.05, 0.1) is 33.1 Å². The lowest BCUT2D eigenvalue weighted by atomic mass is 10.0. The Labute approximate surface area is 207 Å². The lowest BCUT2D eigenvalue weighted by Crippen LogP contribution is -2.14. The van der Waals surface area contributed by atoms with E-state index in [-0.39, 0.29) is 16.0 Å². The van der Waals surface area contributed by atoms with E-state index in [4.69, 9.17) is 18.2 Å². The Morgan fingerprint density at radius 1 is 1.03 bits per heavy atom. The number of hydrogen-bond donors (Lipinski definition) is 1. The van der Waals surface area contributed by atoms with E-state index < -0.39 is 16.0 Å². The summed E-state index contributed by atoms with van der Waals surface area (Å²) in [5.41, 5.74) is 1.72. The van der Waals surface area contributed by atoms with E-state index in [0.717, 1.165) is 0 Å². The molecule has 0 fully saturated rings. The zero-order valence-corrected chi connectivity index (χ0v) is 20.3. The molecule has 0 spiro atoms. The predicted octanol–water partition coefficient (Wildman–Crippen LogP) is 7.24. The SMILES string of the molecule is [C-]#[N+]c1sccc1-c1c(-c2cccs2)n(S(=O)(=O)c2ccc(Cl)cc2)c2cc(C(=O)O)ccc12. The summed E-state index contributed by atoms with van der Waals surface area (Å²) in [6.45, 7) is 7.60. The molecule has 3 aromatic heterocycles. The van der Waals surface area contributed by atoms with E-state index in [1.165, 1.54) is 63.0 Å². The molecular formula is C24H13ClN2O4S3. The molecule has 0 aliphatic carbocycles. The molecule has 0 radical (unpaired) electrons. The summed E-state index contributed by atoms with van der Waals surface area (Å²) in [7, 11) is -4.17. The second-order valence-electron chi connectivity index (χ2n) is 7.21. The number of benzene rings is 2. The molecule has 0 bridgehead atoms. The van der Waals surface area contributed by atoms with E-state index in [1.54, 1.807) is 23.6 Å². The van der Waals surface area contributed by atoms with Crippen LogP contribution in [0.2, 0.25) is 5.02 Å². The number of carbonyl (C=O) groups is 1. The molecule has 6 nitrogen and oxygen atoms in total. The van der Waals surface area contributed by atoms with Crippen molar-refractivity contribution in [1.29, 1.82) is 0 Å². The number of aromatic nitrogens is 1. The highest BCUT2D eigenvalue weighted by atomic mass is 35.5. The summed E-state index contributed by atoms with van der Waals surface area (Å²) in [6.07, 6.45) is 0. The second kappa shape index (κ2) is 8.42. The number of halogens is 1. The number of rotatable bonds is 5. The number of fused-ring (bicyclic) bond motifs is 1. The molecule has 10 heteroatoms. The molecule has 0 saturated heterocycles. The predicted molar refractivity (Wildman–Crippen MR) is 136 cm³/mol. The van der Waals surface area contributed by atoms with Gasteiger partial charge in [0.1, 0.15) is 0 Å². The summed E-state index contributed by atoms with van der Waals surface area (Å²) in [6, 6.07) is 15.6. The highest BCUT2D eigenvalue weighted by Gasteiger charge is 2.30. The second-order valence-corrected chi connectivity index (χ2v) is 11.3. The highest BCUT2D eigenvalue weighted by Crippen LogP contribution is 2.48. The molecular weight excluding hydrogens is 512 g/mol. The maximum absolute atomic E-state index is 14.0. The standard InChI is InChI=1S/C24H13ClN2O4S3/c1-26-23-18(10-12-33-23)21-17-9-4-14(24(28)29)13-19(17)27(22(21)20-3-2-11-32-20)34(30,31)16-7-5-15(25)6-8-16/h2-13H,(H,28,29). The van der Waals surface area contributed by atoms with Gasteiger partial charge in [-0.05, 0) is 53.2 Å². The lowest BCUT2D eigenvalue weighted by Gasteiger charge is -2.13. The first-order valence-corrected chi connectivity index (χ1v) is 13.3. The van der Waals surface area contributed by atoms with Crippen molar-refractivity contribution in [2.24, 2.45) is 0 Å². The first-order chi connectivity index (χ1) is 16.3. The van der Waals surface area contributed by atoms with Gasteiger partial charge in [0.2, 0.25) is 5.00 Å². The average Bonchev–Trinajstić information content (AvgIpc) is 3.56. The maximum atomic E-state index is 14.0. The quantitative estimate of drug-likeness (QED) is 0.246. The van der Waals surface area contributed by atoms with E-state index in [0.29, 0.717) is 37.1 Å². The van der Waals surface area contributed by atoms with E-state index in [1.807, 2.05) is 11.4 Å². The molecule has 0 saturated carbocycles. The number of carboxylic acid groups (broad SMARTS) is 1. The topological polar surface area (TPSA) is 80.7 Å². The summed E-state index contributed by atoms with van der Waals surface area (Å²) in [5.74, 6) is -1.17. The molecule has 0 unspecified atom stereocenters. The summed E-state index contributed by atoms with van der Waals surface area (Å²) in [5, 5.41) is 14.6. The van der Waals surface area contributed by atoms with Crippen molar-refractivity contribution in [1.82, 2.24) is 3.97 Å². The van der Waals surface area contributed by atoms with Gasteiger partial charge in [-0.15, -0.1) is 11.3 Å². The minimum atomic E-state index is -4.17. The van der Waals surface area contributed by atoms with Crippen LogP contribution in [0.3, 0.4) is 0 Å². The van der Waals surface area contributed by atoms with Crippen LogP contribution in [0.1, 0.15) is 10.4 Å². The molecule has 1 N–H and O–H groups in total. The zero-order valence-electron chi connectivity index (χ0n) is 17.1. The van der Waals surface area contributed by atoms with Gasteiger partial charge in [-0.3, -0.25) is 0 Å². The molecule has 2 aromatic carbocycles. The Balaban J connectivity index is 1.99. The van der Waals surface area contributed by atoms with Crippen LogP contribution in [0.4, 0.5) is 5.00 Å². The van der Waals surface area contributed by atoms with Gasteiger partial charge in [-0.25, -0.2) is 22.0 Å². The first kappa shape index (κ1) is 22.4. The molecule has 5 rings (SSSR count). The normalized spacial score (nSPS) is 11.5. The van der Waals surface area contributed by atoms with Crippen molar-refractivity contribution >= 4 is 66.2 Å². The fourth-order valence-corrected chi connectivity index (χ4v) is 7.01. The van der Waals surface area contributed by atoms with E-state index >= 15 is 0 Å². The van der Waals surface area contributed by atoms with Gasteiger partial charge < -0.3 is 5.11 Å². The van der Waals surface area contributed by atoms with Gasteiger partial charge in [0, 0.05) is 21.5 Å². The van der Waals surface area contributed by atoms with Crippen LogP contribution in [-0.2, 0) is 10.0 Å². The van der Waals surface area contributed by atoms with Crippen molar-refractivity contribution in [2.75, 3.05) is 0 Å². The molecule has 3 heterocycles. The fraction of sp³-hybridized carbons (Fsp3) is 0. The number of thiophene rings is 2. The number of carboxylic acids is 1. The van der Waals surface area contributed by atoms with Crippen LogP contribution >= 0.6 is 34.3 Å². The van der Waals surface area contributed by atoms with Crippen LogP contribution in [0.5, 0.6) is 0 Å². The van der Waals surface area contributed by atoms with Crippen molar-refractivity contribution in [2.45, 2.75) is 4.90 Å². The van der Waals surface area contributed by atoms with Crippen LogP contribution in [0, 0.1) is 6.57 Å². The molecule has 0 aliphatic heterocycles. The van der Waals surface area contributed by atoms with Crippen molar-refractivity contribution in [3.8, 4) is 21.7 Å². The summed E-state index contributed by atoms with van der Waals surface area (Å²) < 4.78 is 29.2. The van der Waals surface area contributed by atoms with Crippen molar-refractivity contribution in [3.63, 3.8) is 0 Å². The Bertz CT molecular complexity index is 1710. The van der Waals surface area contributed by atoms with Gasteiger partial charge in [-0.2, -0.15) is 11.3 Å². The molecule has 0 aliphatic rings.